The van der Waals surface area contributed by atoms with Crippen LogP contribution in [-0.2, 0) is 0 Å². The molecule has 0 unspecified atom stereocenters. The SMILES string of the molecule is O=C(c1cc(Cl)cc(Cl)c1)N1CCN(c2ccc(Cl)cc2)CC1. The van der Waals surface area contributed by atoms with E-state index in [1.165, 1.54) is 0 Å². The van der Waals surface area contributed by atoms with Gasteiger partial charge in [-0.05, 0) is 42.5 Å². The third kappa shape index (κ3) is 3.92. The Morgan fingerprint density at radius 3 is 1.91 bits per heavy atom. The van der Waals surface area contributed by atoms with Gasteiger partial charge in [0, 0.05) is 52.5 Å². The molecule has 120 valence electrons. The molecule has 2 aromatic carbocycles. The number of carbonyl (C=O) groups is 1. The van der Waals surface area contributed by atoms with Crippen LogP contribution >= 0.6 is 34.8 Å². The van der Waals surface area contributed by atoms with Crippen LogP contribution in [0.4, 0.5) is 5.69 Å². The van der Waals surface area contributed by atoms with Crippen LogP contribution in [0.3, 0.4) is 0 Å². The number of amides is 1. The number of hydrogen-bond donors (Lipinski definition) is 0. The normalized spacial score (nSPS) is 14.9. The van der Waals surface area contributed by atoms with E-state index in [0.29, 0.717) is 28.7 Å². The summed E-state index contributed by atoms with van der Waals surface area (Å²) < 4.78 is 0. The van der Waals surface area contributed by atoms with Crippen LogP contribution in [0.5, 0.6) is 0 Å². The molecular weight excluding hydrogens is 355 g/mol. The van der Waals surface area contributed by atoms with E-state index in [-0.39, 0.29) is 5.91 Å². The minimum Gasteiger partial charge on any atom is -0.368 e. The van der Waals surface area contributed by atoms with Gasteiger partial charge in [-0.15, -0.1) is 0 Å². The summed E-state index contributed by atoms with van der Waals surface area (Å²) in [4.78, 5) is 16.6. The third-order valence-electron chi connectivity index (χ3n) is 3.87. The molecule has 3 nitrogen and oxygen atoms in total. The molecule has 1 aliphatic heterocycles. The predicted molar refractivity (Wildman–Crippen MR) is 96.0 cm³/mol. The molecule has 0 N–H and O–H groups in total. The number of halogens is 3. The van der Waals surface area contributed by atoms with Crippen molar-refractivity contribution in [1.82, 2.24) is 4.90 Å². The number of carbonyl (C=O) groups excluding carboxylic acids is 1. The lowest BCUT2D eigenvalue weighted by atomic mass is 10.1. The van der Waals surface area contributed by atoms with Crippen molar-refractivity contribution in [3.63, 3.8) is 0 Å². The van der Waals surface area contributed by atoms with E-state index in [2.05, 4.69) is 4.90 Å². The Hall–Kier alpha value is -1.42. The topological polar surface area (TPSA) is 23.6 Å². The van der Waals surface area contributed by atoms with Crippen molar-refractivity contribution in [3.8, 4) is 0 Å². The molecule has 1 amide bonds. The molecule has 1 aliphatic rings. The second-order valence-electron chi connectivity index (χ2n) is 5.41. The number of nitrogens with zero attached hydrogens (tertiary/aromatic N) is 2. The quantitative estimate of drug-likeness (QED) is 0.772. The van der Waals surface area contributed by atoms with Gasteiger partial charge in [-0.1, -0.05) is 34.8 Å². The van der Waals surface area contributed by atoms with E-state index in [1.807, 2.05) is 29.2 Å². The zero-order valence-corrected chi connectivity index (χ0v) is 14.6. The van der Waals surface area contributed by atoms with Gasteiger partial charge in [0.2, 0.25) is 0 Å². The summed E-state index contributed by atoms with van der Waals surface area (Å²) in [7, 11) is 0. The average Bonchev–Trinajstić information content (AvgIpc) is 2.54. The fourth-order valence-corrected chi connectivity index (χ4v) is 3.33. The van der Waals surface area contributed by atoms with Crippen molar-refractivity contribution in [2.24, 2.45) is 0 Å². The minimum atomic E-state index is -0.0369. The molecule has 0 atom stereocenters. The Balaban J connectivity index is 1.66. The Kier molecular flexibility index (Phi) is 5.00. The average molecular weight is 370 g/mol. The fraction of sp³-hybridized carbons (Fsp3) is 0.235. The van der Waals surface area contributed by atoms with Gasteiger partial charge in [-0.25, -0.2) is 0 Å². The summed E-state index contributed by atoms with van der Waals surface area (Å²) in [5, 5.41) is 1.67. The molecule has 0 aromatic heterocycles. The van der Waals surface area contributed by atoms with Gasteiger partial charge in [0.25, 0.3) is 5.91 Å². The first kappa shape index (κ1) is 16.4. The molecule has 0 saturated carbocycles. The molecule has 6 heteroatoms. The number of hydrogen-bond acceptors (Lipinski definition) is 2. The molecule has 3 rings (SSSR count). The molecular formula is C17H15Cl3N2O. The van der Waals surface area contributed by atoms with Gasteiger partial charge >= 0.3 is 0 Å². The van der Waals surface area contributed by atoms with Crippen LogP contribution < -0.4 is 4.90 Å². The van der Waals surface area contributed by atoms with Gasteiger partial charge < -0.3 is 9.80 Å². The summed E-state index contributed by atoms with van der Waals surface area (Å²) >= 11 is 17.9. The lowest BCUT2D eigenvalue weighted by Crippen LogP contribution is -2.48. The van der Waals surface area contributed by atoms with E-state index >= 15 is 0 Å². The summed E-state index contributed by atoms with van der Waals surface area (Å²) in [5.74, 6) is -0.0369. The maximum Gasteiger partial charge on any atom is 0.254 e. The Bertz CT molecular complexity index is 690. The molecule has 1 fully saturated rings. The Labute approximate surface area is 150 Å². The van der Waals surface area contributed by atoms with E-state index in [1.54, 1.807) is 18.2 Å². The number of piperazine rings is 1. The summed E-state index contributed by atoms with van der Waals surface area (Å²) in [6.07, 6.45) is 0. The van der Waals surface area contributed by atoms with E-state index < -0.39 is 0 Å². The largest absolute Gasteiger partial charge is 0.368 e. The van der Waals surface area contributed by atoms with Crippen molar-refractivity contribution in [2.45, 2.75) is 0 Å². The molecule has 23 heavy (non-hydrogen) atoms. The standard InChI is InChI=1S/C17H15Cl3N2O/c18-13-1-3-16(4-2-13)21-5-7-22(8-6-21)17(23)12-9-14(19)11-15(20)10-12/h1-4,9-11H,5-8H2. The molecule has 0 radical (unpaired) electrons. The second-order valence-corrected chi connectivity index (χ2v) is 6.72. The zero-order valence-electron chi connectivity index (χ0n) is 12.3. The van der Waals surface area contributed by atoms with Crippen LogP contribution in [0, 0.1) is 0 Å². The smallest absolute Gasteiger partial charge is 0.254 e. The zero-order chi connectivity index (χ0) is 16.4. The van der Waals surface area contributed by atoms with Crippen LogP contribution in [0.25, 0.3) is 0 Å². The van der Waals surface area contributed by atoms with Crippen molar-refractivity contribution in [2.75, 3.05) is 31.1 Å². The van der Waals surface area contributed by atoms with Crippen LogP contribution in [0.2, 0.25) is 15.1 Å². The Morgan fingerprint density at radius 2 is 1.35 bits per heavy atom. The Morgan fingerprint density at radius 1 is 0.783 bits per heavy atom. The highest BCUT2D eigenvalue weighted by molar-refractivity contribution is 6.35. The van der Waals surface area contributed by atoms with Crippen LogP contribution in [0.15, 0.2) is 42.5 Å². The van der Waals surface area contributed by atoms with Crippen molar-refractivity contribution >= 4 is 46.4 Å². The van der Waals surface area contributed by atoms with Gasteiger partial charge in [0.1, 0.15) is 0 Å². The monoisotopic (exact) mass is 368 g/mol. The summed E-state index contributed by atoms with van der Waals surface area (Å²) in [6.45, 7) is 2.88. The van der Waals surface area contributed by atoms with Gasteiger partial charge in [-0.3, -0.25) is 4.79 Å². The molecule has 0 spiro atoms. The molecule has 0 bridgehead atoms. The molecule has 2 aromatic rings. The fourth-order valence-electron chi connectivity index (χ4n) is 2.68. The van der Waals surface area contributed by atoms with Crippen molar-refractivity contribution in [1.29, 1.82) is 0 Å². The molecule has 1 saturated heterocycles. The van der Waals surface area contributed by atoms with E-state index in [4.69, 9.17) is 34.8 Å². The van der Waals surface area contributed by atoms with Crippen LogP contribution in [0.1, 0.15) is 10.4 Å². The number of anilines is 1. The second kappa shape index (κ2) is 7.00. The minimum absolute atomic E-state index is 0.0369. The summed E-state index contributed by atoms with van der Waals surface area (Å²) in [5.41, 5.74) is 1.65. The number of rotatable bonds is 2. The highest BCUT2D eigenvalue weighted by atomic mass is 35.5. The number of benzene rings is 2. The van der Waals surface area contributed by atoms with E-state index in [9.17, 15) is 4.79 Å². The maximum absolute atomic E-state index is 12.6. The van der Waals surface area contributed by atoms with E-state index in [0.717, 1.165) is 23.8 Å². The van der Waals surface area contributed by atoms with Crippen molar-refractivity contribution < 1.29 is 4.79 Å². The van der Waals surface area contributed by atoms with Gasteiger partial charge in [-0.2, -0.15) is 0 Å². The first-order valence-electron chi connectivity index (χ1n) is 7.29. The van der Waals surface area contributed by atoms with Crippen LogP contribution in [-0.4, -0.2) is 37.0 Å². The third-order valence-corrected chi connectivity index (χ3v) is 4.56. The molecule has 0 aliphatic carbocycles. The predicted octanol–water partition coefficient (Wildman–Crippen LogP) is 4.61. The van der Waals surface area contributed by atoms with Gasteiger partial charge in [0.05, 0.1) is 0 Å². The first-order chi connectivity index (χ1) is 11.0. The molecule has 1 heterocycles. The first-order valence-corrected chi connectivity index (χ1v) is 8.42. The highest BCUT2D eigenvalue weighted by Crippen LogP contribution is 2.22. The maximum atomic E-state index is 12.6. The summed E-state index contributed by atoms with van der Waals surface area (Å²) in [6, 6.07) is 12.7. The highest BCUT2D eigenvalue weighted by Gasteiger charge is 2.22. The lowest BCUT2D eigenvalue weighted by molar-refractivity contribution is 0.0747. The van der Waals surface area contributed by atoms with Gasteiger partial charge in [0.15, 0.2) is 0 Å². The lowest BCUT2D eigenvalue weighted by Gasteiger charge is -2.36. The van der Waals surface area contributed by atoms with Crippen molar-refractivity contribution in [3.05, 3.63) is 63.1 Å².